The predicted molar refractivity (Wildman–Crippen MR) is 71.4 cm³/mol. The number of rotatable bonds is 2. The Labute approximate surface area is 111 Å². The van der Waals surface area contributed by atoms with Gasteiger partial charge in [0.2, 0.25) is 0 Å². The van der Waals surface area contributed by atoms with Crippen LogP contribution in [0.15, 0.2) is 29.1 Å². The molecule has 0 spiro atoms. The number of fused-ring (bicyclic) bond motifs is 1. The highest BCUT2D eigenvalue weighted by Gasteiger charge is 2.19. The van der Waals surface area contributed by atoms with E-state index in [-0.39, 0.29) is 5.69 Å². The number of nitrogens with one attached hydrogen (secondary N) is 1. The van der Waals surface area contributed by atoms with Crippen molar-refractivity contribution in [2.75, 3.05) is 0 Å². The molecule has 3 aromatic rings. The fourth-order valence-electron chi connectivity index (χ4n) is 1.93. The molecule has 0 aliphatic carbocycles. The van der Waals surface area contributed by atoms with Gasteiger partial charge in [-0.2, -0.15) is 0 Å². The molecule has 0 saturated carbocycles. The summed E-state index contributed by atoms with van der Waals surface area (Å²) in [6.45, 7) is 0. The van der Waals surface area contributed by atoms with Gasteiger partial charge in [-0.15, -0.1) is 11.3 Å². The number of H-pyrrole nitrogens is 1. The summed E-state index contributed by atoms with van der Waals surface area (Å²) in [4.78, 5) is 18.3. The van der Waals surface area contributed by atoms with Gasteiger partial charge in [0.1, 0.15) is 5.69 Å². The second kappa shape index (κ2) is 4.12. The van der Waals surface area contributed by atoms with E-state index in [1.165, 1.54) is 11.3 Å². The van der Waals surface area contributed by atoms with Gasteiger partial charge in [-0.3, -0.25) is 0 Å². The van der Waals surface area contributed by atoms with Gasteiger partial charge in [0.15, 0.2) is 0 Å². The number of carboxylic acid groups (broad SMARTS) is 1. The fraction of sp³-hybridized carbons (Fsp3) is 0. The first kappa shape index (κ1) is 11.3. The predicted octanol–water partition coefficient (Wildman–Crippen LogP) is 3.64. The molecule has 90 valence electrons. The first-order chi connectivity index (χ1) is 8.66. The zero-order valence-electron chi connectivity index (χ0n) is 8.98. The molecule has 0 unspecified atom stereocenters. The number of aromatic carboxylic acids is 1. The number of nitrogens with zero attached hydrogens (tertiary/aromatic N) is 1. The molecular formula is C12H7ClN2O2S. The third-order valence-corrected chi connectivity index (χ3v) is 3.48. The van der Waals surface area contributed by atoms with Gasteiger partial charge >= 0.3 is 5.97 Å². The molecular weight excluding hydrogens is 272 g/mol. The lowest BCUT2D eigenvalue weighted by Gasteiger charge is -1.97. The quantitative estimate of drug-likeness (QED) is 0.752. The van der Waals surface area contributed by atoms with Crippen LogP contribution in [0, 0.1) is 0 Å². The van der Waals surface area contributed by atoms with E-state index in [4.69, 9.17) is 11.6 Å². The number of aromatic nitrogens is 2. The van der Waals surface area contributed by atoms with E-state index in [1.54, 1.807) is 23.7 Å². The number of halogens is 1. The lowest BCUT2D eigenvalue weighted by Crippen LogP contribution is -1.98. The monoisotopic (exact) mass is 278 g/mol. The van der Waals surface area contributed by atoms with Crippen LogP contribution in [0.3, 0.4) is 0 Å². The standard InChI is InChI=1S/C12H7ClN2O2S/c13-6-1-2-8-7(3-6)10(9-4-18-5-14-9)11(15-8)12(16)17/h1-5,15H,(H,16,17). The fourth-order valence-corrected chi connectivity index (χ4v) is 2.64. The Balaban J connectivity index is 2.41. The minimum Gasteiger partial charge on any atom is -0.477 e. The molecule has 2 heterocycles. The lowest BCUT2D eigenvalue weighted by atomic mass is 10.1. The van der Waals surface area contributed by atoms with Crippen LogP contribution in [0.2, 0.25) is 5.02 Å². The van der Waals surface area contributed by atoms with Crippen LogP contribution in [-0.4, -0.2) is 21.0 Å². The topological polar surface area (TPSA) is 66.0 Å². The molecule has 0 aliphatic rings. The molecule has 0 aliphatic heterocycles. The number of hydrogen-bond acceptors (Lipinski definition) is 3. The lowest BCUT2D eigenvalue weighted by molar-refractivity contribution is 0.0692. The average Bonchev–Trinajstić information content (AvgIpc) is 2.93. The number of hydrogen-bond donors (Lipinski definition) is 2. The van der Waals surface area contributed by atoms with Gasteiger partial charge in [-0.05, 0) is 18.2 Å². The molecule has 3 rings (SSSR count). The van der Waals surface area contributed by atoms with E-state index >= 15 is 0 Å². The zero-order valence-corrected chi connectivity index (χ0v) is 10.5. The number of thiazole rings is 1. The number of benzene rings is 1. The Hall–Kier alpha value is -1.85. The van der Waals surface area contributed by atoms with E-state index in [2.05, 4.69) is 9.97 Å². The highest BCUT2D eigenvalue weighted by Crippen LogP contribution is 2.33. The molecule has 6 heteroatoms. The van der Waals surface area contributed by atoms with Gasteiger partial charge in [0.25, 0.3) is 0 Å². The number of aromatic amines is 1. The van der Waals surface area contributed by atoms with Crippen molar-refractivity contribution in [3.8, 4) is 11.3 Å². The smallest absolute Gasteiger partial charge is 0.353 e. The summed E-state index contributed by atoms with van der Waals surface area (Å²) in [7, 11) is 0. The number of carboxylic acids is 1. The van der Waals surface area contributed by atoms with E-state index in [1.807, 2.05) is 5.38 Å². The summed E-state index contributed by atoms with van der Waals surface area (Å²) in [6.07, 6.45) is 0. The van der Waals surface area contributed by atoms with Crippen molar-refractivity contribution < 1.29 is 9.90 Å². The maximum atomic E-state index is 11.3. The van der Waals surface area contributed by atoms with Crippen molar-refractivity contribution in [1.82, 2.24) is 9.97 Å². The van der Waals surface area contributed by atoms with Gasteiger partial charge in [-0.1, -0.05) is 11.6 Å². The third-order valence-electron chi connectivity index (χ3n) is 2.66. The molecule has 1 aromatic carbocycles. The average molecular weight is 279 g/mol. The summed E-state index contributed by atoms with van der Waals surface area (Å²) in [6, 6.07) is 5.23. The molecule has 4 nitrogen and oxygen atoms in total. The van der Waals surface area contributed by atoms with Gasteiger partial charge in [0, 0.05) is 26.9 Å². The first-order valence-corrected chi connectivity index (χ1v) is 6.42. The van der Waals surface area contributed by atoms with Crippen molar-refractivity contribution >= 4 is 39.8 Å². The SMILES string of the molecule is O=C(O)c1[nH]c2ccc(Cl)cc2c1-c1cscn1. The summed E-state index contributed by atoms with van der Waals surface area (Å²) >= 11 is 7.38. The summed E-state index contributed by atoms with van der Waals surface area (Å²) in [5, 5.41) is 12.4. The van der Waals surface area contributed by atoms with Crippen molar-refractivity contribution in [2.24, 2.45) is 0 Å². The third kappa shape index (κ3) is 1.68. The normalized spacial score (nSPS) is 10.9. The second-order valence-corrected chi connectivity index (χ2v) is 4.90. The largest absolute Gasteiger partial charge is 0.477 e. The van der Waals surface area contributed by atoms with Crippen LogP contribution in [0.5, 0.6) is 0 Å². The summed E-state index contributed by atoms with van der Waals surface area (Å²) < 4.78 is 0. The van der Waals surface area contributed by atoms with E-state index in [0.717, 1.165) is 10.9 Å². The Morgan fingerprint density at radius 2 is 2.28 bits per heavy atom. The van der Waals surface area contributed by atoms with Crippen LogP contribution < -0.4 is 0 Å². The highest BCUT2D eigenvalue weighted by atomic mass is 35.5. The van der Waals surface area contributed by atoms with Crippen molar-refractivity contribution in [1.29, 1.82) is 0 Å². The molecule has 0 fully saturated rings. The van der Waals surface area contributed by atoms with Crippen LogP contribution in [0.4, 0.5) is 0 Å². The Bertz CT molecular complexity index is 734. The van der Waals surface area contributed by atoms with Crippen molar-refractivity contribution in [3.05, 3.63) is 39.8 Å². The first-order valence-electron chi connectivity index (χ1n) is 5.10. The van der Waals surface area contributed by atoms with Gasteiger partial charge in [-0.25, -0.2) is 9.78 Å². The maximum absolute atomic E-state index is 11.3. The molecule has 0 atom stereocenters. The maximum Gasteiger partial charge on any atom is 0.353 e. The molecule has 2 N–H and O–H groups in total. The molecule has 0 bridgehead atoms. The Morgan fingerprint density at radius 1 is 1.44 bits per heavy atom. The summed E-state index contributed by atoms with van der Waals surface area (Å²) in [5.41, 5.74) is 3.77. The van der Waals surface area contributed by atoms with E-state index in [0.29, 0.717) is 16.3 Å². The molecule has 0 amide bonds. The van der Waals surface area contributed by atoms with Crippen LogP contribution in [0.1, 0.15) is 10.5 Å². The van der Waals surface area contributed by atoms with Crippen LogP contribution >= 0.6 is 22.9 Å². The van der Waals surface area contributed by atoms with E-state index < -0.39 is 5.97 Å². The Kier molecular flexibility index (Phi) is 2.57. The second-order valence-electron chi connectivity index (χ2n) is 3.74. The van der Waals surface area contributed by atoms with Crippen LogP contribution in [-0.2, 0) is 0 Å². The van der Waals surface area contributed by atoms with Gasteiger partial charge in [0.05, 0.1) is 11.2 Å². The van der Waals surface area contributed by atoms with Crippen molar-refractivity contribution in [3.63, 3.8) is 0 Å². The van der Waals surface area contributed by atoms with Crippen molar-refractivity contribution in [2.45, 2.75) is 0 Å². The molecule has 0 radical (unpaired) electrons. The summed E-state index contributed by atoms with van der Waals surface area (Å²) in [5.74, 6) is -1.01. The highest BCUT2D eigenvalue weighted by molar-refractivity contribution is 7.07. The van der Waals surface area contributed by atoms with E-state index in [9.17, 15) is 9.90 Å². The molecule has 18 heavy (non-hydrogen) atoms. The molecule has 0 saturated heterocycles. The van der Waals surface area contributed by atoms with Crippen LogP contribution in [0.25, 0.3) is 22.2 Å². The zero-order chi connectivity index (χ0) is 12.7. The minimum atomic E-state index is -1.01. The minimum absolute atomic E-state index is 0.137. The van der Waals surface area contributed by atoms with Gasteiger partial charge < -0.3 is 10.1 Å². The number of carbonyl (C=O) groups is 1. The molecule has 2 aromatic heterocycles. The Morgan fingerprint density at radius 3 is 2.94 bits per heavy atom.